The van der Waals surface area contributed by atoms with Gasteiger partial charge < -0.3 is 4.74 Å². The third-order valence-corrected chi connectivity index (χ3v) is 3.44. The summed E-state index contributed by atoms with van der Waals surface area (Å²) in [7, 11) is 0. The van der Waals surface area contributed by atoms with Gasteiger partial charge in [-0.05, 0) is 33.1 Å². The van der Waals surface area contributed by atoms with Crippen LogP contribution in [0.1, 0.15) is 65.7 Å². The maximum atomic E-state index is 9.28. The Kier molecular flexibility index (Phi) is 6.67. The van der Waals surface area contributed by atoms with Gasteiger partial charge in [0.25, 0.3) is 0 Å². The normalized spacial score (nSPS) is 20.1. The van der Waals surface area contributed by atoms with Crippen molar-refractivity contribution in [2.45, 2.75) is 83.4 Å². The lowest BCUT2D eigenvalue weighted by molar-refractivity contribution is 0.0450. The van der Waals surface area contributed by atoms with E-state index < -0.39 is 5.54 Å². The summed E-state index contributed by atoms with van der Waals surface area (Å²) >= 11 is 0. The second-order valence-electron chi connectivity index (χ2n) is 5.81. The Morgan fingerprint density at radius 3 is 2.67 bits per heavy atom. The van der Waals surface area contributed by atoms with E-state index in [-0.39, 0.29) is 6.10 Å². The summed E-state index contributed by atoms with van der Waals surface area (Å²) in [6, 6.07) is 2.96. The van der Waals surface area contributed by atoms with E-state index in [1.54, 1.807) is 0 Å². The Hall–Kier alpha value is -0.590. The quantitative estimate of drug-likeness (QED) is 0.606. The highest BCUT2D eigenvalue weighted by atomic mass is 16.5. The fourth-order valence-corrected chi connectivity index (χ4v) is 2.26. The second kappa shape index (κ2) is 7.76. The van der Waals surface area contributed by atoms with E-state index in [4.69, 9.17) is 4.74 Å². The smallest absolute Gasteiger partial charge is 0.106 e. The summed E-state index contributed by atoms with van der Waals surface area (Å²) in [5.74, 6) is 0. The zero-order valence-electron chi connectivity index (χ0n) is 12.2. The first-order valence-electron chi connectivity index (χ1n) is 7.40. The molecule has 104 valence electrons. The Morgan fingerprint density at radius 1 is 1.39 bits per heavy atom. The number of nitriles is 1. The molecule has 0 aromatic rings. The van der Waals surface area contributed by atoms with Gasteiger partial charge in [0.2, 0.25) is 0 Å². The fraction of sp³-hybridized carbons (Fsp3) is 0.933. The molecule has 2 unspecified atom stereocenters. The van der Waals surface area contributed by atoms with Crippen molar-refractivity contribution in [2.75, 3.05) is 6.61 Å². The Bertz CT molecular complexity index is 270. The number of ether oxygens (including phenoxy) is 1. The van der Waals surface area contributed by atoms with E-state index >= 15 is 0 Å². The van der Waals surface area contributed by atoms with Gasteiger partial charge in [0.15, 0.2) is 0 Å². The van der Waals surface area contributed by atoms with Crippen LogP contribution < -0.4 is 5.32 Å². The molecule has 1 saturated carbocycles. The van der Waals surface area contributed by atoms with Crippen molar-refractivity contribution in [3.8, 4) is 6.07 Å². The van der Waals surface area contributed by atoms with Crippen molar-refractivity contribution in [2.24, 2.45) is 0 Å². The van der Waals surface area contributed by atoms with Crippen LogP contribution in [-0.2, 0) is 4.74 Å². The molecule has 0 aromatic carbocycles. The number of rotatable bonds is 10. The van der Waals surface area contributed by atoms with Crippen molar-refractivity contribution < 1.29 is 4.74 Å². The van der Waals surface area contributed by atoms with Crippen molar-refractivity contribution in [1.29, 1.82) is 5.26 Å². The molecule has 1 N–H and O–H groups in total. The first-order chi connectivity index (χ1) is 8.59. The molecule has 18 heavy (non-hydrogen) atoms. The van der Waals surface area contributed by atoms with Crippen LogP contribution in [0.4, 0.5) is 0 Å². The third kappa shape index (κ3) is 6.37. The van der Waals surface area contributed by atoms with E-state index in [1.807, 2.05) is 6.92 Å². The predicted molar refractivity (Wildman–Crippen MR) is 74.3 cm³/mol. The molecule has 3 nitrogen and oxygen atoms in total. The Balaban J connectivity index is 2.16. The van der Waals surface area contributed by atoms with Crippen molar-refractivity contribution in [3.63, 3.8) is 0 Å². The molecule has 0 bridgehead atoms. The van der Waals surface area contributed by atoms with Gasteiger partial charge in [-0.3, -0.25) is 5.32 Å². The topological polar surface area (TPSA) is 45.0 Å². The molecule has 2 atom stereocenters. The maximum absolute atomic E-state index is 9.28. The van der Waals surface area contributed by atoms with Gasteiger partial charge >= 0.3 is 0 Å². The summed E-state index contributed by atoms with van der Waals surface area (Å²) in [4.78, 5) is 0. The third-order valence-electron chi connectivity index (χ3n) is 3.44. The lowest BCUT2D eigenvalue weighted by atomic mass is 9.96. The second-order valence-corrected chi connectivity index (χ2v) is 5.81. The average molecular weight is 252 g/mol. The molecule has 0 aromatic heterocycles. The molecule has 0 spiro atoms. The standard InChI is InChI=1S/C15H28N2O/c1-4-5-6-7-10-18-13(2)11-15(3,12-16)17-14-8-9-14/h13-14,17H,4-11H2,1-3H3. The van der Waals surface area contributed by atoms with Gasteiger partial charge in [-0.2, -0.15) is 5.26 Å². The average Bonchev–Trinajstić information content (AvgIpc) is 3.12. The highest BCUT2D eigenvalue weighted by molar-refractivity contribution is 5.07. The van der Waals surface area contributed by atoms with Crippen LogP contribution in [-0.4, -0.2) is 24.3 Å². The molecule has 0 radical (unpaired) electrons. The van der Waals surface area contributed by atoms with Gasteiger partial charge in [-0.25, -0.2) is 0 Å². The van der Waals surface area contributed by atoms with Crippen molar-refractivity contribution in [3.05, 3.63) is 0 Å². The molecule has 1 aliphatic carbocycles. The molecular weight excluding hydrogens is 224 g/mol. The molecule has 0 heterocycles. The molecule has 0 aliphatic heterocycles. The molecule has 1 rings (SSSR count). The minimum atomic E-state index is -0.427. The lowest BCUT2D eigenvalue weighted by Crippen LogP contribution is -2.45. The van der Waals surface area contributed by atoms with E-state index in [0.29, 0.717) is 6.04 Å². The summed E-state index contributed by atoms with van der Waals surface area (Å²) in [6.45, 7) is 7.10. The molecule has 1 aliphatic rings. The Labute approximate surface area is 112 Å². The zero-order valence-corrected chi connectivity index (χ0v) is 12.2. The number of hydrogen-bond acceptors (Lipinski definition) is 3. The van der Waals surface area contributed by atoms with E-state index in [0.717, 1.165) is 19.4 Å². The number of nitrogens with one attached hydrogen (secondary N) is 1. The van der Waals surface area contributed by atoms with Crippen LogP contribution in [0, 0.1) is 11.3 Å². The van der Waals surface area contributed by atoms with Crippen LogP contribution in [0.25, 0.3) is 0 Å². The van der Waals surface area contributed by atoms with Gasteiger partial charge in [-0.15, -0.1) is 0 Å². The van der Waals surface area contributed by atoms with Crippen molar-refractivity contribution >= 4 is 0 Å². The zero-order chi connectivity index (χ0) is 13.4. The first-order valence-corrected chi connectivity index (χ1v) is 7.40. The SMILES string of the molecule is CCCCCCOC(C)CC(C)(C#N)NC1CC1. The molecular formula is C15H28N2O. The predicted octanol–water partition coefficient (Wildman–Crippen LogP) is 3.40. The minimum absolute atomic E-state index is 0.155. The lowest BCUT2D eigenvalue weighted by Gasteiger charge is -2.26. The van der Waals surface area contributed by atoms with Gasteiger partial charge in [0.1, 0.15) is 5.54 Å². The van der Waals surface area contributed by atoms with Gasteiger partial charge in [0.05, 0.1) is 12.2 Å². The maximum Gasteiger partial charge on any atom is 0.106 e. The van der Waals surface area contributed by atoms with E-state index in [2.05, 4.69) is 25.2 Å². The largest absolute Gasteiger partial charge is 0.378 e. The highest BCUT2D eigenvalue weighted by Crippen LogP contribution is 2.25. The monoisotopic (exact) mass is 252 g/mol. The fourth-order valence-electron chi connectivity index (χ4n) is 2.26. The number of unbranched alkanes of at least 4 members (excludes halogenated alkanes) is 3. The highest BCUT2D eigenvalue weighted by Gasteiger charge is 2.33. The van der Waals surface area contributed by atoms with Gasteiger partial charge in [0, 0.05) is 19.1 Å². The van der Waals surface area contributed by atoms with Crippen LogP contribution >= 0.6 is 0 Å². The summed E-state index contributed by atoms with van der Waals surface area (Å²) < 4.78 is 5.80. The van der Waals surface area contributed by atoms with Crippen molar-refractivity contribution in [1.82, 2.24) is 5.32 Å². The van der Waals surface area contributed by atoms with E-state index in [9.17, 15) is 5.26 Å². The van der Waals surface area contributed by atoms with Crippen LogP contribution in [0.5, 0.6) is 0 Å². The number of hydrogen-bond donors (Lipinski definition) is 1. The summed E-state index contributed by atoms with van der Waals surface area (Å²) in [5, 5.41) is 12.7. The molecule has 3 heteroatoms. The summed E-state index contributed by atoms with van der Waals surface area (Å²) in [5.41, 5.74) is -0.427. The number of nitrogens with zero attached hydrogens (tertiary/aromatic N) is 1. The van der Waals surface area contributed by atoms with Crippen LogP contribution in [0.15, 0.2) is 0 Å². The minimum Gasteiger partial charge on any atom is -0.378 e. The first kappa shape index (κ1) is 15.5. The molecule has 1 fully saturated rings. The van der Waals surface area contributed by atoms with Crippen LogP contribution in [0.3, 0.4) is 0 Å². The molecule has 0 saturated heterocycles. The van der Waals surface area contributed by atoms with E-state index in [1.165, 1.54) is 32.1 Å². The van der Waals surface area contributed by atoms with Gasteiger partial charge in [-0.1, -0.05) is 26.2 Å². The summed E-state index contributed by atoms with van der Waals surface area (Å²) in [6.07, 6.45) is 8.28. The Morgan fingerprint density at radius 2 is 2.11 bits per heavy atom. The molecule has 0 amide bonds. The van der Waals surface area contributed by atoms with Crippen LogP contribution in [0.2, 0.25) is 0 Å².